The first-order valence-electron chi connectivity index (χ1n) is 8.88. The van der Waals surface area contributed by atoms with E-state index in [9.17, 15) is 23.1 Å². The van der Waals surface area contributed by atoms with Crippen LogP contribution in [0.1, 0.15) is 33.8 Å². The first-order chi connectivity index (χ1) is 14.3. The van der Waals surface area contributed by atoms with Gasteiger partial charge in [-0.3, -0.25) is 4.40 Å². The molecule has 1 atom stereocenters. The van der Waals surface area contributed by atoms with E-state index in [-0.39, 0.29) is 16.2 Å². The van der Waals surface area contributed by atoms with E-state index >= 15 is 0 Å². The minimum atomic E-state index is -4.54. The lowest BCUT2D eigenvalue weighted by molar-refractivity contribution is -0.139. The number of halogens is 3. The Balaban J connectivity index is 1.73. The zero-order valence-corrected chi connectivity index (χ0v) is 16.4. The maximum Gasteiger partial charge on any atom is 0.416 e. The molecule has 30 heavy (non-hydrogen) atoms. The third kappa shape index (κ3) is 3.63. The number of ether oxygens (including phenoxy) is 1. The van der Waals surface area contributed by atoms with E-state index in [0.717, 1.165) is 17.4 Å². The normalized spacial score (nSPS) is 12.8. The number of aromatic carboxylic acids is 1. The molecule has 3 heterocycles. The standard InChI is InChI=1S/C21H15F3N2O3S/c1-12(13-6-2-3-7-14(13)21(22,23)24)29-16-10-17(30-19(16)20(27)28)15-11-25-18-8-4-5-9-26(15)18/h2-12H,1H3,(H,27,28). The Hall–Kier alpha value is -3.33. The van der Waals surface area contributed by atoms with Gasteiger partial charge >= 0.3 is 12.1 Å². The lowest BCUT2D eigenvalue weighted by Gasteiger charge is -2.19. The van der Waals surface area contributed by atoms with Gasteiger partial charge in [-0.25, -0.2) is 9.78 Å². The van der Waals surface area contributed by atoms with Crippen LogP contribution in [0.15, 0.2) is 60.9 Å². The van der Waals surface area contributed by atoms with Crippen LogP contribution in [0.3, 0.4) is 0 Å². The van der Waals surface area contributed by atoms with Gasteiger partial charge in [0.15, 0.2) is 4.88 Å². The van der Waals surface area contributed by atoms with E-state index in [1.165, 1.54) is 31.2 Å². The van der Waals surface area contributed by atoms with Crippen molar-refractivity contribution in [1.29, 1.82) is 0 Å². The van der Waals surface area contributed by atoms with Gasteiger partial charge < -0.3 is 9.84 Å². The third-order valence-electron chi connectivity index (χ3n) is 4.57. The van der Waals surface area contributed by atoms with Crippen LogP contribution in [0.4, 0.5) is 13.2 Å². The summed E-state index contributed by atoms with van der Waals surface area (Å²) in [6, 6.07) is 12.1. The van der Waals surface area contributed by atoms with Gasteiger partial charge in [0.25, 0.3) is 0 Å². The quantitative estimate of drug-likeness (QED) is 0.425. The molecule has 1 aromatic carbocycles. The van der Waals surface area contributed by atoms with E-state index < -0.39 is 23.8 Å². The van der Waals surface area contributed by atoms with Crippen LogP contribution in [-0.4, -0.2) is 20.5 Å². The summed E-state index contributed by atoms with van der Waals surface area (Å²) >= 11 is 0.979. The van der Waals surface area contributed by atoms with Gasteiger partial charge in [-0.05, 0) is 25.1 Å². The number of aromatic nitrogens is 2. The number of rotatable bonds is 5. The SMILES string of the molecule is CC(Oc1cc(-c2cnc3ccccn23)sc1C(=O)O)c1ccccc1C(F)(F)F. The largest absolute Gasteiger partial charge is 0.484 e. The molecule has 0 aliphatic heterocycles. The highest BCUT2D eigenvalue weighted by Crippen LogP contribution is 2.40. The number of fused-ring (bicyclic) bond motifs is 1. The Kier molecular flexibility index (Phi) is 4.98. The molecule has 9 heteroatoms. The molecule has 0 bridgehead atoms. The molecule has 0 saturated carbocycles. The number of thiophene rings is 1. The average molecular weight is 432 g/mol. The van der Waals surface area contributed by atoms with E-state index in [4.69, 9.17) is 4.74 Å². The molecular weight excluding hydrogens is 417 g/mol. The number of nitrogens with zero attached hydrogens (tertiary/aromatic N) is 2. The molecule has 0 radical (unpaired) electrons. The van der Waals surface area contributed by atoms with Crippen LogP contribution >= 0.6 is 11.3 Å². The third-order valence-corrected chi connectivity index (χ3v) is 5.70. The second-order valence-corrected chi connectivity index (χ2v) is 7.58. The van der Waals surface area contributed by atoms with Gasteiger partial charge in [-0.2, -0.15) is 13.2 Å². The highest BCUT2D eigenvalue weighted by Gasteiger charge is 2.35. The number of carboxylic acids is 1. The number of pyridine rings is 1. The molecular formula is C21H15F3N2O3S. The minimum absolute atomic E-state index is 0.0119. The van der Waals surface area contributed by atoms with Crippen molar-refractivity contribution in [2.24, 2.45) is 0 Å². The molecule has 4 rings (SSSR count). The average Bonchev–Trinajstić information content (AvgIpc) is 3.31. The monoisotopic (exact) mass is 432 g/mol. The molecule has 4 aromatic rings. The van der Waals surface area contributed by atoms with Crippen molar-refractivity contribution in [3.05, 3.63) is 76.9 Å². The van der Waals surface area contributed by atoms with Crippen molar-refractivity contribution in [3.8, 4) is 16.3 Å². The Morgan fingerprint density at radius 3 is 2.67 bits per heavy atom. The number of imidazole rings is 1. The Morgan fingerprint density at radius 1 is 1.20 bits per heavy atom. The van der Waals surface area contributed by atoms with Gasteiger partial charge in [-0.1, -0.05) is 24.3 Å². The van der Waals surface area contributed by atoms with Crippen LogP contribution in [0, 0.1) is 0 Å². The van der Waals surface area contributed by atoms with E-state index in [2.05, 4.69) is 4.98 Å². The summed E-state index contributed by atoms with van der Waals surface area (Å²) in [5.41, 5.74) is 0.472. The summed E-state index contributed by atoms with van der Waals surface area (Å²) in [7, 11) is 0. The van der Waals surface area contributed by atoms with Crippen molar-refractivity contribution in [2.45, 2.75) is 19.2 Å². The van der Waals surface area contributed by atoms with E-state index in [1.807, 2.05) is 18.2 Å². The zero-order valence-electron chi connectivity index (χ0n) is 15.6. The molecule has 0 spiro atoms. The van der Waals surface area contributed by atoms with Gasteiger partial charge in [-0.15, -0.1) is 11.3 Å². The molecule has 1 N–H and O–H groups in total. The summed E-state index contributed by atoms with van der Waals surface area (Å²) in [5.74, 6) is -1.20. The summed E-state index contributed by atoms with van der Waals surface area (Å²) in [6.45, 7) is 1.46. The summed E-state index contributed by atoms with van der Waals surface area (Å²) in [4.78, 5) is 16.5. The fourth-order valence-electron chi connectivity index (χ4n) is 3.22. The molecule has 0 saturated heterocycles. The smallest absolute Gasteiger partial charge is 0.416 e. The number of carbonyl (C=O) groups is 1. The summed E-state index contributed by atoms with van der Waals surface area (Å²) in [6.07, 6.45) is -2.15. The van der Waals surface area contributed by atoms with Crippen LogP contribution in [0.25, 0.3) is 16.2 Å². The van der Waals surface area contributed by atoms with Crippen molar-refractivity contribution in [3.63, 3.8) is 0 Å². The van der Waals surface area contributed by atoms with Crippen molar-refractivity contribution in [1.82, 2.24) is 9.38 Å². The zero-order chi connectivity index (χ0) is 21.5. The molecule has 0 aliphatic rings. The Morgan fingerprint density at radius 2 is 1.93 bits per heavy atom. The van der Waals surface area contributed by atoms with Crippen LogP contribution in [0.5, 0.6) is 5.75 Å². The lowest BCUT2D eigenvalue weighted by atomic mass is 10.0. The highest BCUT2D eigenvalue weighted by molar-refractivity contribution is 7.17. The van der Waals surface area contributed by atoms with Crippen molar-refractivity contribution in [2.75, 3.05) is 0 Å². The summed E-state index contributed by atoms with van der Waals surface area (Å²) < 4.78 is 47.5. The molecule has 154 valence electrons. The van der Waals surface area contributed by atoms with Crippen LogP contribution in [0.2, 0.25) is 0 Å². The molecule has 0 fully saturated rings. The number of alkyl halides is 3. The second kappa shape index (κ2) is 7.49. The first kappa shape index (κ1) is 20.0. The van der Waals surface area contributed by atoms with Gasteiger partial charge in [0.1, 0.15) is 17.5 Å². The molecule has 0 amide bonds. The fraction of sp³-hybridized carbons (Fsp3) is 0.143. The number of hydrogen-bond donors (Lipinski definition) is 1. The number of carboxylic acid groups (broad SMARTS) is 1. The fourth-order valence-corrected chi connectivity index (χ4v) is 4.15. The van der Waals surface area contributed by atoms with Crippen molar-refractivity contribution < 1.29 is 27.8 Å². The highest BCUT2D eigenvalue weighted by atomic mass is 32.1. The summed E-state index contributed by atoms with van der Waals surface area (Å²) in [5, 5.41) is 9.59. The van der Waals surface area contributed by atoms with Crippen LogP contribution < -0.4 is 4.74 Å². The Bertz CT molecular complexity index is 1230. The molecule has 3 aromatic heterocycles. The second-order valence-electron chi connectivity index (χ2n) is 6.53. The molecule has 5 nitrogen and oxygen atoms in total. The van der Waals surface area contributed by atoms with Gasteiger partial charge in [0.2, 0.25) is 0 Å². The first-order valence-corrected chi connectivity index (χ1v) is 9.69. The number of hydrogen-bond acceptors (Lipinski definition) is 4. The lowest BCUT2D eigenvalue weighted by Crippen LogP contribution is -2.14. The minimum Gasteiger partial charge on any atom is -0.484 e. The topological polar surface area (TPSA) is 63.8 Å². The Labute approximate surface area is 173 Å². The predicted octanol–water partition coefficient (Wildman–Crippen LogP) is 5.92. The van der Waals surface area contributed by atoms with E-state index in [1.54, 1.807) is 16.8 Å². The number of benzene rings is 1. The van der Waals surface area contributed by atoms with E-state index in [0.29, 0.717) is 16.2 Å². The predicted molar refractivity (Wildman–Crippen MR) is 106 cm³/mol. The molecule has 1 unspecified atom stereocenters. The van der Waals surface area contributed by atoms with Crippen LogP contribution in [-0.2, 0) is 6.18 Å². The molecule has 0 aliphatic carbocycles. The maximum atomic E-state index is 13.3. The van der Waals surface area contributed by atoms with Gasteiger partial charge in [0, 0.05) is 17.8 Å². The van der Waals surface area contributed by atoms with Crippen molar-refractivity contribution >= 4 is 23.0 Å². The van der Waals surface area contributed by atoms with Gasteiger partial charge in [0.05, 0.1) is 22.3 Å². The maximum absolute atomic E-state index is 13.3.